The molecule has 3 aromatic rings. The summed E-state index contributed by atoms with van der Waals surface area (Å²) in [6.45, 7) is 4.37. The Balaban J connectivity index is 1.64. The van der Waals surface area contributed by atoms with Crippen LogP contribution in [0.1, 0.15) is 22.5 Å². The van der Waals surface area contributed by atoms with Crippen molar-refractivity contribution in [2.75, 3.05) is 5.01 Å². The van der Waals surface area contributed by atoms with Crippen molar-refractivity contribution in [3.63, 3.8) is 0 Å². The predicted molar refractivity (Wildman–Crippen MR) is 130 cm³/mol. The van der Waals surface area contributed by atoms with Gasteiger partial charge in [0.2, 0.25) is 0 Å². The van der Waals surface area contributed by atoms with E-state index >= 15 is 0 Å². The molecule has 2 aromatic carbocycles. The summed E-state index contributed by atoms with van der Waals surface area (Å²) >= 11 is 10.3. The zero-order valence-corrected chi connectivity index (χ0v) is 19.7. The lowest BCUT2D eigenvalue weighted by Gasteiger charge is -2.20. The number of ether oxygens (including phenoxy) is 1. The van der Waals surface area contributed by atoms with Crippen LogP contribution in [-0.4, -0.2) is 14.9 Å². The van der Waals surface area contributed by atoms with Crippen LogP contribution in [0.2, 0.25) is 0 Å². The number of halogens is 1. The average Bonchev–Trinajstić information content (AvgIpc) is 3.19. The lowest BCUT2D eigenvalue weighted by atomic mass is 10.1. The molecule has 4 rings (SSSR count). The summed E-state index contributed by atoms with van der Waals surface area (Å²) in [5.74, 6) is 0.571. The molecule has 30 heavy (non-hydrogen) atoms. The Hall–Kier alpha value is -2.35. The molecule has 0 aliphatic carbocycles. The van der Waals surface area contributed by atoms with Gasteiger partial charge in [0.25, 0.3) is 5.91 Å². The van der Waals surface area contributed by atoms with Gasteiger partial charge in [-0.3, -0.25) is 9.47 Å². The molecule has 0 saturated carbocycles. The summed E-state index contributed by atoms with van der Waals surface area (Å²) in [4.78, 5) is 13.7. The monoisotopic (exact) mass is 498 g/mol. The summed E-state index contributed by atoms with van der Waals surface area (Å²) < 4.78 is 9.32. The highest BCUT2D eigenvalue weighted by Gasteiger charge is 2.35. The van der Waals surface area contributed by atoms with E-state index in [0.29, 0.717) is 21.6 Å². The summed E-state index contributed by atoms with van der Waals surface area (Å²) in [6.07, 6.45) is 1.85. The number of hydrogen-bond donors (Lipinski definition) is 0. The van der Waals surface area contributed by atoms with Crippen molar-refractivity contribution in [3.8, 4) is 5.75 Å². The maximum Gasteiger partial charge on any atom is 0.285 e. The number of amides is 1. The molecule has 1 aliphatic heterocycles. The molecular formula is C23H19BrN2O2S2. The van der Waals surface area contributed by atoms with Crippen LogP contribution < -0.4 is 9.75 Å². The van der Waals surface area contributed by atoms with E-state index in [4.69, 9.17) is 17.0 Å². The van der Waals surface area contributed by atoms with Crippen LogP contribution >= 0.6 is 39.9 Å². The fraction of sp³-hybridized carbons (Fsp3) is 0.130. The van der Waals surface area contributed by atoms with Gasteiger partial charge in [-0.15, -0.1) is 0 Å². The van der Waals surface area contributed by atoms with Gasteiger partial charge in [-0.2, -0.15) is 5.01 Å². The molecule has 1 aliphatic rings. The number of thiocarbonyl (C=S) groups is 1. The van der Waals surface area contributed by atoms with E-state index in [0.717, 1.165) is 27.0 Å². The second-order valence-electron chi connectivity index (χ2n) is 6.88. The van der Waals surface area contributed by atoms with Gasteiger partial charge >= 0.3 is 0 Å². The molecule has 1 saturated heterocycles. The largest absolute Gasteiger partial charge is 0.488 e. The van der Waals surface area contributed by atoms with Crippen LogP contribution in [0.15, 0.2) is 70.0 Å². The molecule has 0 spiro atoms. The van der Waals surface area contributed by atoms with Gasteiger partial charge in [-0.25, -0.2) is 0 Å². The van der Waals surface area contributed by atoms with Crippen molar-refractivity contribution in [2.45, 2.75) is 20.5 Å². The van der Waals surface area contributed by atoms with Crippen molar-refractivity contribution < 1.29 is 9.53 Å². The fourth-order valence-corrected chi connectivity index (χ4v) is 4.86. The van der Waals surface area contributed by atoms with E-state index in [9.17, 15) is 4.79 Å². The molecule has 1 aromatic heterocycles. The van der Waals surface area contributed by atoms with Crippen LogP contribution in [0.3, 0.4) is 0 Å². The quantitative estimate of drug-likeness (QED) is 0.319. The average molecular weight is 499 g/mol. The Morgan fingerprint density at radius 2 is 1.77 bits per heavy atom. The number of aryl methyl sites for hydroxylation is 2. The van der Waals surface area contributed by atoms with Gasteiger partial charge in [-0.05, 0) is 68.0 Å². The molecule has 0 unspecified atom stereocenters. The molecule has 4 nitrogen and oxygen atoms in total. The first kappa shape index (κ1) is 20.9. The molecule has 2 heterocycles. The number of benzene rings is 2. The van der Waals surface area contributed by atoms with E-state index in [1.54, 1.807) is 5.01 Å². The summed E-state index contributed by atoms with van der Waals surface area (Å²) in [7, 11) is 0. The number of carbonyl (C=O) groups excluding carboxylic acids is 1. The molecule has 7 heteroatoms. The Labute approximate surface area is 193 Å². The fourth-order valence-electron chi connectivity index (χ4n) is 3.25. The highest BCUT2D eigenvalue weighted by Crippen LogP contribution is 2.35. The second-order valence-corrected chi connectivity index (χ2v) is 9.47. The zero-order valence-electron chi connectivity index (χ0n) is 16.5. The number of aromatic nitrogens is 1. The van der Waals surface area contributed by atoms with E-state index < -0.39 is 0 Å². The minimum atomic E-state index is -0.138. The predicted octanol–water partition coefficient (Wildman–Crippen LogP) is 5.98. The first-order valence-electron chi connectivity index (χ1n) is 9.33. The van der Waals surface area contributed by atoms with E-state index in [1.165, 1.54) is 11.8 Å². The van der Waals surface area contributed by atoms with Crippen LogP contribution in [-0.2, 0) is 11.4 Å². The number of hydrogen-bond acceptors (Lipinski definition) is 4. The lowest BCUT2D eigenvalue weighted by molar-refractivity contribution is -0.114. The van der Waals surface area contributed by atoms with Gasteiger partial charge < -0.3 is 4.74 Å². The lowest BCUT2D eigenvalue weighted by Crippen LogP contribution is -2.39. The number of carbonyl (C=O) groups is 1. The third-order valence-corrected chi connectivity index (χ3v) is 6.48. The first-order valence-corrected chi connectivity index (χ1v) is 11.4. The number of rotatable bonds is 5. The topological polar surface area (TPSA) is 34.5 Å². The van der Waals surface area contributed by atoms with E-state index in [2.05, 4.69) is 15.9 Å². The van der Waals surface area contributed by atoms with Crippen molar-refractivity contribution in [2.24, 2.45) is 0 Å². The van der Waals surface area contributed by atoms with Crippen molar-refractivity contribution >= 4 is 56.2 Å². The third kappa shape index (κ3) is 4.24. The third-order valence-electron chi connectivity index (χ3n) is 4.70. The summed E-state index contributed by atoms with van der Waals surface area (Å²) in [5, 5.41) is 1.55. The Morgan fingerprint density at radius 3 is 2.47 bits per heavy atom. The standard InChI is InChI=1S/C23H19BrN2O2S2/c1-15-8-9-16(2)25(15)26-22(27)21(30-23(26)29)13-18-12-19(24)10-11-20(18)28-14-17-6-4-3-5-7-17/h3-13H,14H2,1-2H3/b21-13-. The maximum absolute atomic E-state index is 13.2. The van der Waals surface area contributed by atoms with Crippen molar-refractivity contribution in [1.82, 2.24) is 4.68 Å². The summed E-state index contributed by atoms with van der Waals surface area (Å²) in [6, 6.07) is 19.7. The van der Waals surface area contributed by atoms with Crippen LogP contribution in [0.25, 0.3) is 6.08 Å². The maximum atomic E-state index is 13.2. The van der Waals surface area contributed by atoms with Gasteiger partial charge in [-0.1, -0.05) is 58.0 Å². The molecular weight excluding hydrogens is 480 g/mol. The highest BCUT2D eigenvalue weighted by molar-refractivity contribution is 9.10. The Bertz CT molecular complexity index is 1140. The smallest absolute Gasteiger partial charge is 0.285 e. The molecule has 0 N–H and O–H groups in total. The van der Waals surface area contributed by atoms with Gasteiger partial charge in [0.05, 0.1) is 4.91 Å². The van der Waals surface area contributed by atoms with Gasteiger partial charge in [0.1, 0.15) is 12.4 Å². The molecule has 1 amide bonds. The van der Waals surface area contributed by atoms with E-state index in [1.807, 2.05) is 85.3 Å². The molecule has 0 bridgehead atoms. The Kier molecular flexibility index (Phi) is 6.13. The van der Waals surface area contributed by atoms with Crippen LogP contribution in [0.5, 0.6) is 5.75 Å². The highest BCUT2D eigenvalue weighted by atomic mass is 79.9. The minimum Gasteiger partial charge on any atom is -0.488 e. The molecule has 1 fully saturated rings. The normalized spacial score (nSPS) is 15.3. The SMILES string of the molecule is Cc1ccc(C)n1N1C(=O)/C(=C/c2cc(Br)ccc2OCc2ccccc2)SC1=S. The van der Waals surface area contributed by atoms with Gasteiger partial charge in [0.15, 0.2) is 4.32 Å². The molecule has 0 radical (unpaired) electrons. The molecule has 0 atom stereocenters. The van der Waals surface area contributed by atoms with E-state index in [-0.39, 0.29) is 5.91 Å². The van der Waals surface area contributed by atoms with Crippen molar-refractivity contribution in [1.29, 1.82) is 0 Å². The van der Waals surface area contributed by atoms with Crippen LogP contribution in [0.4, 0.5) is 0 Å². The Morgan fingerprint density at radius 1 is 1.07 bits per heavy atom. The van der Waals surface area contributed by atoms with Gasteiger partial charge in [0, 0.05) is 21.4 Å². The van der Waals surface area contributed by atoms with Crippen LogP contribution in [0, 0.1) is 13.8 Å². The zero-order chi connectivity index (χ0) is 21.3. The number of thioether (sulfide) groups is 1. The second kappa shape index (κ2) is 8.79. The minimum absolute atomic E-state index is 0.138. The summed E-state index contributed by atoms with van der Waals surface area (Å²) in [5.41, 5.74) is 3.82. The first-order chi connectivity index (χ1) is 14.4. The number of nitrogens with zero attached hydrogens (tertiary/aromatic N) is 2. The van der Waals surface area contributed by atoms with Crippen molar-refractivity contribution in [3.05, 3.63) is 92.6 Å². The molecule has 152 valence electrons.